The Morgan fingerprint density at radius 2 is 1.88 bits per heavy atom. The predicted octanol–water partition coefficient (Wildman–Crippen LogP) is 4.65. The highest BCUT2D eigenvalue weighted by Gasteiger charge is 2.07. The van der Waals surface area contributed by atoms with Gasteiger partial charge in [0.25, 0.3) is 0 Å². The van der Waals surface area contributed by atoms with Gasteiger partial charge in [-0.3, -0.25) is 4.98 Å². The molecular formula is C25H30N4O3. The minimum Gasteiger partial charge on any atom is -0.493 e. The second-order valence-electron chi connectivity index (χ2n) is 6.88. The number of ether oxygens (including phenoxy) is 3. The molecule has 168 valence electrons. The van der Waals surface area contributed by atoms with Crippen molar-refractivity contribution in [2.45, 2.75) is 27.0 Å². The standard InChI is InChI=1S/C25H30N4O3/c1-4-26-25(29-20-12-13-23(31-5-2)24(16-20)30-3)28-17-19-9-8-11-22(15-19)32-18-21-10-6-7-14-27-21/h6-16H,4-5,17-18H2,1-3H3,(H2,26,28,29). The van der Waals surface area contributed by atoms with Crippen LogP contribution in [0.1, 0.15) is 25.1 Å². The fourth-order valence-electron chi connectivity index (χ4n) is 3.01. The van der Waals surface area contributed by atoms with E-state index in [9.17, 15) is 0 Å². The monoisotopic (exact) mass is 434 g/mol. The van der Waals surface area contributed by atoms with E-state index in [1.807, 2.05) is 74.5 Å². The summed E-state index contributed by atoms with van der Waals surface area (Å²) in [6.45, 7) is 6.23. The van der Waals surface area contributed by atoms with Crippen molar-refractivity contribution in [3.8, 4) is 17.2 Å². The van der Waals surface area contributed by atoms with Crippen LogP contribution in [-0.4, -0.2) is 31.2 Å². The van der Waals surface area contributed by atoms with Crippen molar-refractivity contribution in [3.05, 3.63) is 78.1 Å². The van der Waals surface area contributed by atoms with Gasteiger partial charge < -0.3 is 24.8 Å². The van der Waals surface area contributed by atoms with E-state index < -0.39 is 0 Å². The van der Waals surface area contributed by atoms with Crippen LogP contribution in [-0.2, 0) is 13.2 Å². The zero-order chi connectivity index (χ0) is 22.6. The van der Waals surface area contributed by atoms with E-state index in [0.717, 1.165) is 29.2 Å². The van der Waals surface area contributed by atoms with Crippen LogP contribution in [0.3, 0.4) is 0 Å². The van der Waals surface area contributed by atoms with Crippen LogP contribution in [0.2, 0.25) is 0 Å². The van der Waals surface area contributed by atoms with Crippen LogP contribution in [0.5, 0.6) is 17.2 Å². The van der Waals surface area contributed by atoms with Gasteiger partial charge >= 0.3 is 0 Å². The lowest BCUT2D eigenvalue weighted by molar-refractivity contribution is 0.301. The van der Waals surface area contributed by atoms with Crippen LogP contribution in [0.25, 0.3) is 0 Å². The molecule has 0 radical (unpaired) electrons. The van der Waals surface area contributed by atoms with Crippen molar-refractivity contribution in [1.29, 1.82) is 0 Å². The molecule has 0 fully saturated rings. The lowest BCUT2D eigenvalue weighted by Gasteiger charge is -2.14. The summed E-state index contributed by atoms with van der Waals surface area (Å²) in [5.74, 6) is 2.85. The van der Waals surface area contributed by atoms with Crippen LogP contribution in [0, 0.1) is 0 Å². The Hall–Kier alpha value is -3.74. The zero-order valence-electron chi connectivity index (χ0n) is 18.8. The van der Waals surface area contributed by atoms with E-state index in [4.69, 9.17) is 19.2 Å². The number of guanidine groups is 1. The molecule has 0 unspecified atom stereocenters. The van der Waals surface area contributed by atoms with Crippen molar-refractivity contribution in [2.75, 3.05) is 25.6 Å². The summed E-state index contributed by atoms with van der Waals surface area (Å²) in [6.07, 6.45) is 1.76. The van der Waals surface area contributed by atoms with Gasteiger partial charge in [0.1, 0.15) is 12.4 Å². The first-order valence-corrected chi connectivity index (χ1v) is 10.7. The third-order valence-electron chi connectivity index (χ3n) is 4.50. The molecule has 1 heterocycles. The molecule has 0 bridgehead atoms. The number of rotatable bonds is 10. The molecule has 0 spiro atoms. The number of pyridine rings is 1. The van der Waals surface area contributed by atoms with Crippen molar-refractivity contribution in [3.63, 3.8) is 0 Å². The summed E-state index contributed by atoms with van der Waals surface area (Å²) < 4.78 is 16.9. The Morgan fingerprint density at radius 1 is 0.969 bits per heavy atom. The number of aliphatic imine (C=N–C) groups is 1. The first kappa shape index (κ1) is 22.9. The molecule has 0 saturated heterocycles. The van der Waals surface area contributed by atoms with E-state index in [1.54, 1.807) is 13.3 Å². The summed E-state index contributed by atoms with van der Waals surface area (Å²) in [6, 6.07) is 19.4. The summed E-state index contributed by atoms with van der Waals surface area (Å²) in [4.78, 5) is 8.99. The molecule has 32 heavy (non-hydrogen) atoms. The molecule has 0 atom stereocenters. The SMILES string of the molecule is CCNC(=NCc1cccc(OCc2ccccn2)c1)Nc1ccc(OCC)c(OC)c1. The first-order valence-electron chi connectivity index (χ1n) is 10.7. The van der Waals surface area contributed by atoms with Gasteiger partial charge in [-0.1, -0.05) is 18.2 Å². The van der Waals surface area contributed by atoms with Gasteiger partial charge in [0.15, 0.2) is 17.5 Å². The highest BCUT2D eigenvalue weighted by molar-refractivity contribution is 5.93. The molecule has 1 aromatic heterocycles. The van der Waals surface area contributed by atoms with Gasteiger partial charge in [0, 0.05) is 24.5 Å². The lowest BCUT2D eigenvalue weighted by atomic mass is 10.2. The molecule has 2 N–H and O–H groups in total. The van der Waals surface area contributed by atoms with Gasteiger partial charge in [-0.05, 0) is 55.8 Å². The summed E-state index contributed by atoms with van der Waals surface area (Å²) in [7, 11) is 1.63. The second-order valence-corrected chi connectivity index (χ2v) is 6.88. The molecule has 0 saturated carbocycles. The van der Waals surface area contributed by atoms with Gasteiger partial charge in [-0.25, -0.2) is 4.99 Å². The van der Waals surface area contributed by atoms with E-state index in [1.165, 1.54) is 0 Å². The van der Waals surface area contributed by atoms with Crippen molar-refractivity contribution in [2.24, 2.45) is 4.99 Å². The number of anilines is 1. The van der Waals surface area contributed by atoms with E-state index in [2.05, 4.69) is 15.6 Å². The number of hydrogen-bond donors (Lipinski definition) is 2. The van der Waals surface area contributed by atoms with Crippen molar-refractivity contribution in [1.82, 2.24) is 10.3 Å². The molecule has 7 heteroatoms. The van der Waals surface area contributed by atoms with Gasteiger partial charge in [0.2, 0.25) is 0 Å². The number of hydrogen-bond acceptors (Lipinski definition) is 5. The molecular weight excluding hydrogens is 404 g/mol. The average molecular weight is 435 g/mol. The van der Waals surface area contributed by atoms with E-state index in [0.29, 0.717) is 37.2 Å². The highest BCUT2D eigenvalue weighted by atomic mass is 16.5. The van der Waals surface area contributed by atoms with Crippen LogP contribution in [0.15, 0.2) is 71.9 Å². The molecule has 0 aliphatic carbocycles. The zero-order valence-corrected chi connectivity index (χ0v) is 18.8. The molecule has 7 nitrogen and oxygen atoms in total. The number of methoxy groups -OCH3 is 1. The maximum absolute atomic E-state index is 5.87. The smallest absolute Gasteiger partial charge is 0.196 e. The Labute approximate surface area is 189 Å². The molecule has 0 amide bonds. The quantitative estimate of drug-likeness (QED) is 0.357. The first-order chi connectivity index (χ1) is 15.7. The number of nitrogens with zero attached hydrogens (tertiary/aromatic N) is 2. The molecule has 2 aromatic carbocycles. The van der Waals surface area contributed by atoms with Crippen molar-refractivity contribution >= 4 is 11.6 Å². The Kier molecular flexibility index (Phi) is 8.74. The highest BCUT2D eigenvalue weighted by Crippen LogP contribution is 2.30. The summed E-state index contributed by atoms with van der Waals surface area (Å²) in [5.41, 5.74) is 2.79. The Bertz CT molecular complexity index is 1010. The minimum absolute atomic E-state index is 0.428. The average Bonchev–Trinajstić information content (AvgIpc) is 2.83. The van der Waals surface area contributed by atoms with E-state index in [-0.39, 0.29) is 0 Å². The summed E-state index contributed by atoms with van der Waals surface area (Å²) >= 11 is 0. The van der Waals surface area contributed by atoms with Gasteiger partial charge in [0.05, 0.1) is 26.0 Å². The van der Waals surface area contributed by atoms with Crippen LogP contribution >= 0.6 is 0 Å². The number of nitrogens with one attached hydrogen (secondary N) is 2. The molecule has 0 aliphatic heterocycles. The number of aromatic nitrogens is 1. The normalized spacial score (nSPS) is 11.0. The topological polar surface area (TPSA) is 77.0 Å². The fourth-order valence-corrected chi connectivity index (χ4v) is 3.01. The molecule has 0 aliphatic rings. The number of benzene rings is 2. The third-order valence-corrected chi connectivity index (χ3v) is 4.50. The van der Waals surface area contributed by atoms with Gasteiger partial charge in [-0.2, -0.15) is 0 Å². The van der Waals surface area contributed by atoms with Crippen LogP contribution in [0.4, 0.5) is 5.69 Å². The van der Waals surface area contributed by atoms with Crippen molar-refractivity contribution < 1.29 is 14.2 Å². The maximum Gasteiger partial charge on any atom is 0.196 e. The second kappa shape index (κ2) is 12.2. The maximum atomic E-state index is 5.87. The van der Waals surface area contributed by atoms with Gasteiger partial charge in [-0.15, -0.1) is 0 Å². The predicted molar refractivity (Wildman–Crippen MR) is 128 cm³/mol. The Morgan fingerprint density at radius 3 is 2.62 bits per heavy atom. The fraction of sp³-hybridized carbons (Fsp3) is 0.280. The molecule has 3 aromatic rings. The summed E-state index contributed by atoms with van der Waals surface area (Å²) in [5, 5.41) is 6.59. The largest absolute Gasteiger partial charge is 0.493 e. The van der Waals surface area contributed by atoms with Crippen LogP contribution < -0.4 is 24.8 Å². The molecule has 3 rings (SSSR count). The third kappa shape index (κ3) is 6.91. The lowest BCUT2D eigenvalue weighted by Crippen LogP contribution is -2.30. The minimum atomic E-state index is 0.428. The van der Waals surface area contributed by atoms with E-state index >= 15 is 0 Å². The Balaban J connectivity index is 1.66.